The molecule has 0 saturated carbocycles. The standard InChI is InChI=1S/C54H71ClN6O12S/c1-38-39(2)74-54-51(38)52(43-13-15-44(55)16-14-43)58-46(53-60-59-40(3)61(53)54)36-49(62)56-18-20-66-22-24-68-26-28-70-30-32-72-33-31-71-29-27-69-25-23-67-21-19-57-50(63)37-73-45-11-7-10-41(34-45)8-6-9-42-12-17-47(64-4)48(35-42)65-5/h7,10-17,34-35,46H,6,8-9,18-33,36-37H2,1-5H3,(H,56,62)(H,57,63)/t46-/m0/s1. The van der Waals surface area contributed by atoms with Crippen molar-refractivity contribution >= 4 is 40.5 Å². The third-order valence-corrected chi connectivity index (χ3v) is 13.2. The molecule has 402 valence electrons. The van der Waals surface area contributed by atoms with Crippen molar-refractivity contribution < 1.29 is 57.0 Å². The first-order valence-corrected chi connectivity index (χ1v) is 26.2. The van der Waals surface area contributed by atoms with E-state index in [1.54, 1.807) is 25.6 Å². The van der Waals surface area contributed by atoms with Gasteiger partial charge in [0.1, 0.15) is 22.6 Å². The van der Waals surface area contributed by atoms with Crippen LogP contribution in [0.1, 0.15) is 63.2 Å². The Labute approximate surface area is 443 Å². The number of hydrogen-bond acceptors (Lipinski definition) is 16. The number of thiophene rings is 1. The van der Waals surface area contributed by atoms with E-state index in [0.717, 1.165) is 69.6 Å². The second-order valence-electron chi connectivity index (χ2n) is 17.1. The molecule has 0 saturated heterocycles. The molecule has 0 spiro atoms. The lowest BCUT2D eigenvalue weighted by atomic mass is 9.99. The van der Waals surface area contributed by atoms with E-state index in [0.29, 0.717) is 122 Å². The second-order valence-corrected chi connectivity index (χ2v) is 18.7. The van der Waals surface area contributed by atoms with Gasteiger partial charge in [-0.25, -0.2) is 0 Å². The lowest BCUT2D eigenvalue weighted by Crippen LogP contribution is -2.31. The molecular formula is C54H71ClN6O12S. The van der Waals surface area contributed by atoms with E-state index in [4.69, 9.17) is 64.0 Å². The normalized spacial score (nSPS) is 12.9. The molecule has 2 N–H and O–H groups in total. The fourth-order valence-corrected chi connectivity index (χ4v) is 9.19. The van der Waals surface area contributed by atoms with Gasteiger partial charge < -0.3 is 58.0 Å². The zero-order valence-electron chi connectivity index (χ0n) is 43.3. The molecule has 3 heterocycles. The van der Waals surface area contributed by atoms with Crippen molar-refractivity contribution in [2.24, 2.45) is 4.99 Å². The first-order valence-electron chi connectivity index (χ1n) is 25.0. The number of benzene rings is 3. The number of carbonyl (C=O) groups excluding carboxylic acids is 2. The van der Waals surface area contributed by atoms with Crippen LogP contribution in [-0.4, -0.2) is 159 Å². The molecule has 1 aliphatic heterocycles. The number of ether oxygens (including phenoxy) is 10. The molecule has 1 aliphatic rings. The largest absolute Gasteiger partial charge is 0.493 e. The van der Waals surface area contributed by atoms with Crippen LogP contribution in [0.4, 0.5) is 0 Å². The predicted octanol–water partition coefficient (Wildman–Crippen LogP) is 6.81. The van der Waals surface area contributed by atoms with Gasteiger partial charge in [-0.2, -0.15) is 0 Å². The van der Waals surface area contributed by atoms with Crippen LogP contribution >= 0.6 is 22.9 Å². The van der Waals surface area contributed by atoms with Gasteiger partial charge in [-0.3, -0.25) is 19.1 Å². The summed E-state index contributed by atoms with van der Waals surface area (Å²) in [5.41, 5.74) is 6.21. The second kappa shape index (κ2) is 32.1. The highest BCUT2D eigenvalue weighted by Gasteiger charge is 2.32. The van der Waals surface area contributed by atoms with E-state index in [9.17, 15) is 9.59 Å². The van der Waals surface area contributed by atoms with Gasteiger partial charge in [0.2, 0.25) is 5.91 Å². The van der Waals surface area contributed by atoms with Crippen LogP contribution in [0.2, 0.25) is 5.02 Å². The number of nitrogens with one attached hydrogen (secondary N) is 2. The molecule has 6 rings (SSSR count). The molecule has 3 aromatic carbocycles. The minimum atomic E-state index is -0.542. The Bertz CT molecular complexity index is 2520. The van der Waals surface area contributed by atoms with Crippen LogP contribution in [0.15, 0.2) is 71.7 Å². The molecule has 2 aromatic heterocycles. The van der Waals surface area contributed by atoms with Gasteiger partial charge in [-0.15, -0.1) is 21.5 Å². The number of nitrogens with zero attached hydrogens (tertiary/aromatic N) is 4. The molecule has 0 aliphatic carbocycles. The Morgan fingerprint density at radius 3 is 1.78 bits per heavy atom. The summed E-state index contributed by atoms with van der Waals surface area (Å²) in [7, 11) is 3.27. The van der Waals surface area contributed by atoms with Gasteiger partial charge in [0.25, 0.3) is 5.91 Å². The van der Waals surface area contributed by atoms with Crippen LogP contribution in [0.25, 0.3) is 5.00 Å². The van der Waals surface area contributed by atoms with Crippen molar-refractivity contribution in [1.82, 2.24) is 25.4 Å². The monoisotopic (exact) mass is 1060 g/mol. The minimum Gasteiger partial charge on any atom is -0.493 e. The van der Waals surface area contributed by atoms with Gasteiger partial charge in [-0.05, 0) is 93.1 Å². The number of halogens is 1. The Morgan fingerprint density at radius 1 is 0.649 bits per heavy atom. The molecule has 18 nitrogen and oxygen atoms in total. The van der Waals surface area contributed by atoms with Gasteiger partial charge in [0.15, 0.2) is 23.9 Å². The lowest BCUT2D eigenvalue weighted by molar-refractivity contribution is -0.123. The van der Waals surface area contributed by atoms with Gasteiger partial charge in [-0.1, -0.05) is 41.9 Å². The summed E-state index contributed by atoms with van der Waals surface area (Å²) in [6, 6.07) is 20.9. The zero-order chi connectivity index (χ0) is 52.3. The average molecular weight is 1060 g/mol. The summed E-state index contributed by atoms with van der Waals surface area (Å²) in [5, 5.41) is 16.2. The lowest BCUT2D eigenvalue weighted by Gasteiger charge is -2.13. The smallest absolute Gasteiger partial charge is 0.258 e. The predicted molar refractivity (Wildman–Crippen MR) is 283 cm³/mol. The van der Waals surface area contributed by atoms with E-state index in [1.807, 2.05) is 66.1 Å². The Balaban J connectivity index is 0.683. The molecule has 0 unspecified atom stereocenters. The fraction of sp³-hybridized carbons (Fsp3) is 0.500. The molecule has 5 aromatic rings. The van der Waals surface area contributed by atoms with Crippen LogP contribution in [-0.2, 0) is 55.6 Å². The van der Waals surface area contributed by atoms with Crippen molar-refractivity contribution in [3.8, 4) is 22.2 Å². The van der Waals surface area contributed by atoms with Gasteiger partial charge in [0.05, 0.1) is 119 Å². The quantitative estimate of drug-likeness (QED) is 0.0398. The summed E-state index contributed by atoms with van der Waals surface area (Å²) < 4.78 is 57.5. The number of aliphatic imine (C=N–C) groups is 1. The number of carbonyl (C=O) groups is 2. The topological polar surface area (TPSA) is 194 Å². The molecular weight excluding hydrogens is 992 g/mol. The minimum absolute atomic E-state index is 0.0719. The van der Waals surface area contributed by atoms with Crippen LogP contribution < -0.4 is 24.8 Å². The fourth-order valence-electron chi connectivity index (χ4n) is 7.85. The number of aryl methyl sites for hydroxylation is 4. The highest BCUT2D eigenvalue weighted by atomic mass is 35.5. The van der Waals surface area contributed by atoms with E-state index in [2.05, 4.69) is 46.8 Å². The summed E-state index contributed by atoms with van der Waals surface area (Å²) in [4.78, 5) is 31.8. The van der Waals surface area contributed by atoms with Crippen LogP contribution in [0.5, 0.6) is 17.2 Å². The van der Waals surface area contributed by atoms with Crippen LogP contribution in [0, 0.1) is 20.8 Å². The average Bonchev–Trinajstić information content (AvgIpc) is 3.89. The maximum atomic E-state index is 13.2. The van der Waals surface area contributed by atoms with Crippen molar-refractivity contribution in [2.75, 3.05) is 126 Å². The Hall–Kier alpha value is -5.48. The summed E-state index contributed by atoms with van der Waals surface area (Å²) in [6.07, 6.45) is 2.84. The number of amides is 2. The summed E-state index contributed by atoms with van der Waals surface area (Å²) in [5.74, 6) is 3.10. The molecule has 0 fully saturated rings. The first kappa shape index (κ1) is 57.8. The number of hydrogen-bond donors (Lipinski definition) is 2. The Morgan fingerprint density at radius 2 is 1.20 bits per heavy atom. The van der Waals surface area contributed by atoms with Crippen molar-refractivity contribution in [2.45, 2.75) is 52.5 Å². The molecule has 74 heavy (non-hydrogen) atoms. The SMILES string of the molecule is COc1ccc(CCCc2cccc(OCC(=O)NCCOCCOCCOCCOCCOCCOCCOCCNC(=O)C[C@@H]3N=C(c4ccc(Cl)cc4)c4c(sc(C)c4C)-n4c(C)nnc43)c2)cc1OC. The van der Waals surface area contributed by atoms with E-state index in [1.165, 1.54) is 10.4 Å². The molecule has 0 bridgehead atoms. The number of aromatic nitrogens is 3. The maximum absolute atomic E-state index is 13.2. The number of methoxy groups -OCH3 is 2. The number of fused-ring (bicyclic) bond motifs is 3. The highest BCUT2D eigenvalue weighted by molar-refractivity contribution is 7.15. The zero-order valence-corrected chi connectivity index (χ0v) is 44.8. The summed E-state index contributed by atoms with van der Waals surface area (Å²) in [6.45, 7) is 12.6. The third kappa shape index (κ3) is 18.7. The molecule has 20 heteroatoms. The Kier molecular flexibility index (Phi) is 25.0. The van der Waals surface area contributed by atoms with Crippen molar-refractivity contribution in [3.05, 3.63) is 116 Å². The number of rotatable bonds is 36. The van der Waals surface area contributed by atoms with E-state index < -0.39 is 6.04 Å². The first-order chi connectivity index (χ1) is 36.1. The van der Waals surface area contributed by atoms with Crippen LogP contribution in [0.3, 0.4) is 0 Å². The maximum Gasteiger partial charge on any atom is 0.258 e. The van der Waals surface area contributed by atoms with Crippen molar-refractivity contribution in [1.29, 1.82) is 0 Å². The molecule has 2 amide bonds. The van der Waals surface area contributed by atoms with E-state index >= 15 is 0 Å². The molecule has 1 atom stereocenters. The van der Waals surface area contributed by atoms with Gasteiger partial charge >= 0.3 is 0 Å². The highest BCUT2D eigenvalue weighted by Crippen LogP contribution is 2.39. The van der Waals surface area contributed by atoms with Gasteiger partial charge in [0, 0.05) is 34.1 Å². The summed E-state index contributed by atoms with van der Waals surface area (Å²) >= 11 is 7.90. The third-order valence-electron chi connectivity index (χ3n) is 11.8. The molecule has 0 radical (unpaired) electrons. The van der Waals surface area contributed by atoms with E-state index in [-0.39, 0.29) is 24.8 Å². The van der Waals surface area contributed by atoms with Crippen molar-refractivity contribution in [3.63, 3.8) is 0 Å².